The number of anilines is 1. The lowest BCUT2D eigenvalue weighted by Gasteiger charge is -2.19. The molecule has 1 fully saturated rings. The lowest BCUT2D eigenvalue weighted by Crippen LogP contribution is -2.28. The Hall–Kier alpha value is -1.44. The van der Waals surface area contributed by atoms with Gasteiger partial charge in [0.2, 0.25) is 10.0 Å². The predicted octanol–water partition coefficient (Wildman–Crippen LogP) is 2.56. The normalized spacial score (nSPS) is 16.0. The molecule has 1 aliphatic rings. The van der Waals surface area contributed by atoms with E-state index in [-0.39, 0.29) is 4.90 Å². The van der Waals surface area contributed by atoms with Gasteiger partial charge in [-0.2, -0.15) is 4.31 Å². The van der Waals surface area contributed by atoms with E-state index < -0.39 is 10.0 Å². The van der Waals surface area contributed by atoms with Crippen LogP contribution in [0.4, 0.5) is 5.82 Å². The van der Waals surface area contributed by atoms with Gasteiger partial charge in [-0.05, 0) is 36.4 Å². The zero-order chi connectivity index (χ0) is 15.6. The van der Waals surface area contributed by atoms with E-state index in [2.05, 4.69) is 11.1 Å². The molecule has 5 nitrogen and oxygen atoms in total. The zero-order valence-electron chi connectivity index (χ0n) is 12.5. The van der Waals surface area contributed by atoms with Crippen LogP contribution in [0.2, 0.25) is 0 Å². The Bertz CT molecular complexity index is 706. The second-order valence-corrected chi connectivity index (χ2v) is 8.37. The molecule has 0 saturated carbocycles. The van der Waals surface area contributed by atoms with E-state index in [4.69, 9.17) is 0 Å². The Morgan fingerprint density at radius 3 is 2.64 bits per heavy atom. The number of hydrogen-bond acceptors (Lipinski definition) is 5. The first-order chi connectivity index (χ1) is 10.6. The van der Waals surface area contributed by atoms with Crippen LogP contribution in [0.25, 0.3) is 0 Å². The molecule has 0 spiro atoms. The second-order valence-electron chi connectivity index (χ2n) is 5.40. The van der Waals surface area contributed by atoms with Crippen LogP contribution in [-0.2, 0) is 16.6 Å². The summed E-state index contributed by atoms with van der Waals surface area (Å²) in [5.41, 5.74) is 0. The number of thiophene rings is 1. The van der Waals surface area contributed by atoms with Crippen LogP contribution < -0.4 is 4.90 Å². The minimum absolute atomic E-state index is 0.280. The molecule has 118 valence electrons. The van der Waals surface area contributed by atoms with Crippen molar-refractivity contribution in [2.75, 3.05) is 25.0 Å². The molecule has 0 atom stereocenters. The Morgan fingerprint density at radius 1 is 1.27 bits per heavy atom. The predicted molar refractivity (Wildman–Crippen MR) is 88.7 cm³/mol. The molecular formula is C15H19N3O2S2. The number of pyridine rings is 1. The van der Waals surface area contributed by atoms with Gasteiger partial charge in [-0.3, -0.25) is 0 Å². The zero-order valence-corrected chi connectivity index (χ0v) is 14.1. The van der Waals surface area contributed by atoms with Crippen molar-refractivity contribution in [3.8, 4) is 0 Å². The van der Waals surface area contributed by atoms with E-state index in [0.29, 0.717) is 13.1 Å². The maximum absolute atomic E-state index is 12.4. The van der Waals surface area contributed by atoms with Crippen LogP contribution in [0.3, 0.4) is 0 Å². The fourth-order valence-corrected chi connectivity index (χ4v) is 4.77. The molecule has 2 aromatic rings. The van der Waals surface area contributed by atoms with Crippen molar-refractivity contribution in [2.45, 2.75) is 24.3 Å². The molecular weight excluding hydrogens is 318 g/mol. The van der Waals surface area contributed by atoms with E-state index in [1.807, 2.05) is 23.4 Å². The number of rotatable bonds is 5. The quantitative estimate of drug-likeness (QED) is 0.841. The van der Waals surface area contributed by atoms with Gasteiger partial charge in [0, 0.05) is 31.2 Å². The van der Waals surface area contributed by atoms with Gasteiger partial charge < -0.3 is 4.90 Å². The standard InChI is InChI=1S/C15H19N3O2S2/c1-17(12-13-5-4-10-21-13)15-7-6-14(11-16-15)22(19,20)18-8-2-3-9-18/h4-7,10-11H,2-3,8-9,12H2,1H3. The fraction of sp³-hybridized carbons (Fsp3) is 0.400. The van der Waals surface area contributed by atoms with E-state index >= 15 is 0 Å². The fourth-order valence-electron chi connectivity index (χ4n) is 2.55. The highest BCUT2D eigenvalue weighted by molar-refractivity contribution is 7.89. The summed E-state index contributed by atoms with van der Waals surface area (Å²) in [6, 6.07) is 7.53. The number of aromatic nitrogens is 1. The second kappa shape index (κ2) is 6.36. The van der Waals surface area contributed by atoms with E-state index in [1.54, 1.807) is 27.8 Å². The molecule has 0 bridgehead atoms. The maximum atomic E-state index is 12.4. The average molecular weight is 337 g/mol. The van der Waals surface area contributed by atoms with Crippen LogP contribution in [-0.4, -0.2) is 37.8 Å². The molecule has 0 amide bonds. The minimum Gasteiger partial charge on any atom is -0.355 e. The first kappa shape index (κ1) is 15.5. The molecule has 0 N–H and O–H groups in total. The first-order valence-electron chi connectivity index (χ1n) is 7.27. The average Bonchev–Trinajstić information content (AvgIpc) is 3.21. The molecule has 3 rings (SSSR count). The Labute approximate surface area is 135 Å². The Morgan fingerprint density at radius 2 is 2.05 bits per heavy atom. The molecule has 7 heteroatoms. The van der Waals surface area contributed by atoms with Crippen molar-refractivity contribution in [3.05, 3.63) is 40.7 Å². The van der Waals surface area contributed by atoms with Gasteiger partial charge in [-0.15, -0.1) is 11.3 Å². The molecule has 0 aromatic carbocycles. The lowest BCUT2D eigenvalue weighted by molar-refractivity contribution is 0.477. The highest BCUT2D eigenvalue weighted by atomic mass is 32.2. The smallest absolute Gasteiger partial charge is 0.244 e. The third kappa shape index (κ3) is 3.16. The highest BCUT2D eigenvalue weighted by Gasteiger charge is 2.27. The van der Waals surface area contributed by atoms with Gasteiger partial charge in [0.1, 0.15) is 10.7 Å². The van der Waals surface area contributed by atoms with E-state index in [1.165, 1.54) is 11.1 Å². The van der Waals surface area contributed by atoms with Crippen LogP contribution in [0.5, 0.6) is 0 Å². The summed E-state index contributed by atoms with van der Waals surface area (Å²) < 4.78 is 26.4. The summed E-state index contributed by atoms with van der Waals surface area (Å²) in [4.78, 5) is 7.86. The number of hydrogen-bond donors (Lipinski definition) is 0. The molecule has 0 aliphatic carbocycles. The minimum atomic E-state index is -3.38. The molecule has 3 heterocycles. The SMILES string of the molecule is CN(Cc1cccs1)c1ccc(S(=O)(=O)N2CCCC2)cn1. The van der Waals surface area contributed by atoms with Gasteiger partial charge in [0.15, 0.2) is 0 Å². The van der Waals surface area contributed by atoms with Gasteiger partial charge in [-0.1, -0.05) is 6.07 Å². The molecule has 1 aliphatic heterocycles. The third-order valence-corrected chi connectivity index (χ3v) is 6.53. The van der Waals surface area contributed by atoms with Crippen LogP contribution in [0.15, 0.2) is 40.7 Å². The van der Waals surface area contributed by atoms with E-state index in [0.717, 1.165) is 25.2 Å². The highest BCUT2D eigenvalue weighted by Crippen LogP contribution is 2.22. The monoisotopic (exact) mass is 337 g/mol. The van der Waals surface area contributed by atoms with Crippen molar-refractivity contribution >= 4 is 27.2 Å². The van der Waals surface area contributed by atoms with Crippen LogP contribution in [0.1, 0.15) is 17.7 Å². The topological polar surface area (TPSA) is 53.5 Å². The largest absolute Gasteiger partial charge is 0.355 e. The van der Waals surface area contributed by atoms with Gasteiger partial charge in [0.05, 0.1) is 6.54 Å². The summed E-state index contributed by atoms with van der Waals surface area (Å²) in [5, 5.41) is 2.04. The van der Waals surface area contributed by atoms with Crippen LogP contribution in [0, 0.1) is 0 Å². The van der Waals surface area contributed by atoms with Crippen molar-refractivity contribution < 1.29 is 8.42 Å². The third-order valence-electron chi connectivity index (χ3n) is 3.79. The summed E-state index contributed by atoms with van der Waals surface area (Å²) in [7, 11) is -1.42. The molecule has 1 saturated heterocycles. The lowest BCUT2D eigenvalue weighted by atomic mass is 10.4. The molecule has 0 unspecified atom stereocenters. The molecule has 22 heavy (non-hydrogen) atoms. The molecule has 2 aromatic heterocycles. The molecule has 0 radical (unpaired) electrons. The van der Waals surface area contributed by atoms with Crippen LogP contribution >= 0.6 is 11.3 Å². The summed E-state index contributed by atoms with van der Waals surface area (Å²) >= 11 is 1.70. The van der Waals surface area contributed by atoms with Crippen molar-refractivity contribution in [3.63, 3.8) is 0 Å². The van der Waals surface area contributed by atoms with Crippen molar-refractivity contribution in [1.82, 2.24) is 9.29 Å². The Kier molecular flexibility index (Phi) is 4.46. The van der Waals surface area contributed by atoms with Gasteiger partial charge in [-0.25, -0.2) is 13.4 Å². The summed E-state index contributed by atoms with van der Waals surface area (Å²) in [5.74, 6) is 0.772. The maximum Gasteiger partial charge on any atom is 0.244 e. The Balaban J connectivity index is 1.74. The van der Waals surface area contributed by atoms with E-state index in [9.17, 15) is 8.42 Å². The summed E-state index contributed by atoms with van der Waals surface area (Å²) in [6.45, 7) is 1.99. The van der Waals surface area contributed by atoms with Gasteiger partial charge in [0.25, 0.3) is 0 Å². The summed E-state index contributed by atoms with van der Waals surface area (Å²) in [6.07, 6.45) is 3.34. The first-order valence-corrected chi connectivity index (χ1v) is 9.59. The number of sulfonamides is 1. The van der Waals surface area contributed by atoms with Crippen molar-refractivity contribution in [1.29, 1.82) is 0 Å². The van der Waals surface area contributed by atoms with Gasteiger partial charge >= 0.3 is 0 Å². The number of nitrogens with zero attached hydrogens (tertiary/aromatic N) is 3. The van der Waals surface area contributed by atoms with Crippen molar-refractivity contribution in [2.24, 2.45) is 0 Å².